The first-order valence-electron chi connectivity index (χ1n) is 16.3. The summed E-state index contributed by atoms with van der Waals surface area (Å²) in [4.78, 5) is 32.9. The van der Waals surface area contributed by atoms with Gasteiger partial charge >= 0.3 is 12.3 Å². The summed E-state index contributed by atoms with van der Waals surface area (Å²) in [6, 6.07) is 6.91. The Bertz CT molecular complexity index is 1550. The number of nitrogens with zero attached hydrogens (tertiary/aromatic N) is 5. The molecule has 47 heavy (non-hydrogen) atoms. The van der Waals surface area contributed by atoms with E-state index in [2.05, 4.69) is 22.2 Å². The van der Waals surface area contributed by atoms with Gasteiger partial charge in [0.15, 0.2) is 0 Å². The minimum absolute atomic E-state index is 0.218. The maximum absolute atomic E-state index is 13.1. The fourth-order valence-electron chi connectivity index (χ4n) is 6.60. The number of benzene rings is 1. The van der Waals surface area contributed by atoms with Crippen LogP contribution in [0.15, 0.2) is 36.5 Å². The molecule has 2 aliphatic rings. The van der Waals surface area contributed by atoms with Gasteiger partial charge in [-0.2, -0.15) is 18.3 Å². The minimum Gasteiger partial charge on any atom is -0.494 e. The first-order chi connectivity index (χ1) is 22.2. The summed E-state index contributed by atoms with van der Waals surface area (Å²) in [5, 5.41) is 8.24. The smallest absolute Gasteiger partial charge is 0.433 e. The molecule has 10 nitrogen and oxygen atoms in total. The highest BCUT2D eigenvalue weighted by atomic mass is 19.4. The molecule has 5 rings (SSSR count). The van der Waals surface area contributed by atoms with E-state index in [-0.39, 0.29) is 17.8 Å². The Morgan fingerprint density at radius 2 is 1.66 bits per heavy atom. The van der Waals surface area contributed by atoms with Gasteiger partial charge in [0.1, 0.15) is 22.7 Å². The van der Waals surface area contributed by atoms with Crippen molar-refractivity contribution in [3.63, 3.8) is 0 Å². The van der Waals surface area contributed by atoms with Crippen LogP contribution in [-0.2, 0) is 10.9 Å². The number of methoxy groups -OCH3 is 1. The fraction of sp³-hybridized carbons (Fsp3) is 0.588. The number of hydrogen-bond donors (Lipinski definition) is 1. The highest BCUT2D eigenvalue weighted by Gasteiger charge is 2.33. The maximum atomic E-state index is 13.1. The molecule has 1 aliphatic carbocycles. The molecule has 3 heterocycles. The van der Waals surface area contributed by atoms with Crippen molar-refractivity contribution in [2.75, 3.05) is 45.7 Å². The summed E-state index contributed by atoms with van der Waals surface area (Å²) in [6.07, 6.45) is 3.25. The first kappa shape index (κ1) is 34.5. The Hall–Kier alpha value is -3.87. The topological polar surface area (TPSA) is 102 Å². The van der Waals surface area contributed by atoms with E-state index in [0.29, 0.717) is 28.8 Å². The van der Waals surface area contributed by atoms with Gasteiger partial charge in [-0.05, 0) is 96.4 Å². The van der Waals surface area contributed by atoms with E-state index in [9.17, 15) is 22.8 Å². The van der Waals surface area contributed by atoms with Gasteiger partial charge in [0.25, 0.3) is 5.91 Å². The number of hydrogen-bond acceptors (Lipinski definition) is 7. The first-order valence-corrected chi connectivity index (χ1v) is 16.3. The normalized spacial score (nSPS) is 19.6. The van der Waals surface area contributed by atoms with E-state index in [4.69, 9.17) is 14.6 Å². The summed E-state index contributed by atoms with van der Waals surface area (Å²) in [5.41, 5.74) is -0.924. The molecular formula is C34H45F3N6O4. The SMILES string of the molecule is COc1cc2nn([C@H]3CC[C@H](CN(C)CC4CCN(C(=O)OC(C)(C)C)CC4)CC3)cc2cc1NC(=O)c1cccc(C(F)(F)F)n1. The lowest BCUT2D eigenvalue weighted by Gasteiger charge is -2.36. The second-order valence-electron chi connectivity index (χ2n) is 13.9. The van der Waals surface area contributed by atoms with Gasteiger partial charge in [-0.1, -0.05) is 6.07 Å². The number of likely N-dealkylation sites (tertiary alicyclic amines) is 1. The lowest BCUT2D eigenvalue weighted by atomic mass is 9.85. The van der Waals surface area contributed by atoms with Gasteiger partial charge in [-0.25, -0.2) is 9.78 Å². The number of aromatic nitrogens is 3. The monoisotopic (exact) mass is 658 g/mol. The van der Waals surface area contributed by atoms with Crippen molar-refractivity contribution in [2.45, 2.75) is 77.1 Å². The molecule has 2 aromatic heterocycles. The number of nitrogens with one attached hydrogen (secondary N) is 1. The van der Waals surface area contributed by atoms with E-state index in [0.717, 1.165) is 82.2 Å². The van der Waals surface area contributed by atoms with E-state index in [1.54, 1.807) is 12.1 Å². The van der Waals surface area contributed by atoms with Crippen LogP contribution in [-0.4, -0.2) is 82.5 Å². The van der Waals surface area contributed by atoms with Crippen LogP contribution in [0, 0.1) is 11.8 Å². The molecule has 0 spiro atoms. The Morgan fingerprint density at radius 3 is 2.28 bits per heavy atom. The zero-order chi connectivity index (χ0) is 33.9. The van der Waals surface area contributed by atoms with Crippen LogP contribution in [0.2, 0.25) is 0 Å². The summed E-state index contributed by atoms with van der Waals surface area (Å²) in [5.74, 6) is 0.759. The molecule has 0 unspecified atom stereocenters. The van der Waals surface area contributed by atoms with Gasteiger partial charge in [0, 0.05) is 43.8 Å². The molecule has 0 atom stereocenters. The highest BCUT2D eigenvalue weighted by molar-refractivity contribution is 6.05. The lowest BCUT2D eigenvalue weighted by Crippen LogP contribution is -2.43. The Kier molecular flexibility index (Phi) is 10.3. The second kappa shape index (κ2) is 14.1. The Balaban J connectivity index is 1.13. The second-order valence-corrected chi connectivity index (χ2v) is 13.9. The summed E-state index contributed by atoms with van der Waals surface area (Å²) < 4.78 is 52.3. The molecule has 0 bridgehead atoms. The summed E-state index contributed by atoms with van der Waals surface area (Å²) >= 11 is 0. The number of piperidine rings is 1. The lowest BCUT2D eigenvalue weighted by molar-refractivity contribution is -0.141. The van der Waals surface area contributed by atoms with Crippen molar-refractivity contribution in [3.05, 3.63) is 47.9 Å². The van der Waals surface area contributed by atoms with Crippen LogP contribution in [0.1, 0.15) is 81.5 Å². The predicted molar refractivity (Wildman–Crippen MR) is 173 cm³/mol. The third-order valence-electron chi connectivity index (χ3n) is 8.96. The average molecular weight is 659 g/mol. The molecule has 1 saturated carbocycles. The molecule has 256 valence electrons. The molecule has 1 aliphatic heterocycles. The largest absolute Gasteiger partial charge is 0.494 e. The fourth-order valence-corrected chi connectivity index (χ4v) is 6.60. The van der Waals surface area contributed by atoms with Crippen molar-refractivity contribution in [1.82, 2.24) is 24.6 Å². The predicted octanol–water partition coefficient (Wildman–Crippen LogP) is 7.02. The van der Waals surface area contributed by atoms with Gasteiger partial charge in [0.2, 0.25) is 0 Å². The number of carbonyl (C=O) groups excluding carboxylic acids is 2. The number of amides is 2. The molecule has 1 N–H and O–H groups in total. The van der Waals surface area contributed by atoms with Crippen molar-refractivity contribution in [2.24, 2.45) is 11.8 Å². The standard InChI is InChI=1S/C34H45F3N6O4/c1-33(2,3)47-32(45)42-15-13-23(14-16-42)20-41(4)19-22-9-11-25(12-10-22)43-21-24-17-28(29(46-5)18-27(24)40-43)39-31(44)26-7-6-8-30(38-26)34(35,36)37/h6-8,17-18,21-23,25H,9-16,19-20H2,1-5H3,(H,39,44)/t22-,25-. The van der Waals surface area contributed by atoms with Crippen molar-refractivity contribution >= 4 is 28.6 Å². The number of rotatable bonds is 8. The van der Waals surface area contributed by atoms with Crippen LogP contribution in [0.5, 0.6) is 5.75 Å². The average Bonchev–Trinajstić information content (AvgIpc) is 3.43. The van der Waals surface area contributed by atoms with Gasteiger partial charge in [0.05, 0.1) is 24.4 Å². The van der Waals surface area contributed by atoms with Crippen LogP contribution in [0.4, 0.5) is 23.7 Å². The number of carbonyl (C=O) groups is 2. The van der Waals surface area contributed by atoms with Crippen LogP contribution >= 0.6 is 0 Å². The number of alkyl halides is 3. The molecule has 2 amide bonds. The molecule has 3 aromatic rings. The highest BCUT2D eigenvalue weighted by Crippen LogP contribution is 2.36. The van der Waals surface area contributed by atoms with Crippen LogP contribution in [0.25, 0.3) is 10.9 Å². The number of anilines is 1. The quantitative estimate of drug-likeness (QED) is 0.278. The van der Waals surface area contributed by atoms with Crippen LogP contribution in [0.3, 0.4) is 0 Å². The van der Waals surface area contributed by atoms with E-state index < -0.39 is 23.4 Å². The molecule has 0 radical (unpaired) electrons. The summed E-state index contributed by atoms with van der Waals surface area (Å²) in [6.45, 7) is 9.22. The molecule has 2 fully saturated rings. The van der Waals surface area contributed by atoms with Crippen molar-refractivity contribution in [3.8, 4) is 5.75 Å². The number of halogens is 3. The Morgan fingerprint density at radius 1 is 1.00 bits per heavy atom. The van der Waals surface area contributed by atoms with Gasteiger partial charge < -0.3 is 24.6 Å². The number of ether oxygens (including phenoxy) is 2. The summed E-state index contributed by atoms with van der Waals surface area (Å²) in [7, 11) is 3.65. The minimum atomic E-state index is -4.65. The van der Waals surface area contributed by atoms with E-state index in [1.807, 2.05) is 36.5 Å². The van der Waals surface area contributed by atoms with Crippen LogP contribution < -0.4 is 10.1 Å². The van der Waals surface area contributed by atoms with Crippen molar-refractivity contribution in [1.29, 1.82) is 0 Å². The molecular weight excluding hydrogens is 613 g/mol. The maximum Gasteiger partial charge on any atom is 0.433 e. The molecule has 1 aromatic carbocycles. The van der Waals surface area contributed by atoms with E-state index in [1.165, 1.54) is 13.2 Å². The number of fused-ring (bicyclic) bond motifs is 1. The zero-order valence-corrected chi connectivity index (χ0v) is 27.8. The molecule has 13 heteroatoms. The number of pyridine rings is 1. The third-order valence-corrected chi connectivity index (χ3v) is 8.96. The van der Waals surface area contributed by atoms with Gasteiger partial charge in [-0.3, -0.25) is 9.48 Å². The van der Waals surface area contributed by atoms with Gasteiger partial charge in [-0.15, -0.1) is 0 Å². The molecule has 1 saturated heterocycles. The Labute approximate surface area is 273 Å². The van der Waals surface area contributed by atoms with Crippen molar-refractivity contribution < 1.29 is 32.2 Å². The van der Waals surface area contributed by atoms with E-state index >= 15 is 0 Å². The zero-order valence-electron chi connectivity index (χ0n) is 27.8. The third kappa shape index (κ3) is 8.94.